The van der Waals surface area contributed by atoms with Crippen LogP contribution in [0.5, 0.6) is 0 Å². The normalized spacial score (nSPS) is 18.6. The number of halogens is 2. The van der Waals surface area contributed by atoms with Gasteiger partial charge in [0.15, 0.2) is 5.13 Å². The van der Waals surface area contributed by atoms with Gasteiger partial charge in [-0.05, 0) is 17.7 Å². The Kier molecular flexibility index (Phi) is 5.80. The summed E-state index contributed by atoms with van der Waals surface area (Å²) in [5.41, 5.74) is 6.67. The molecule has 1 aromatic carbocycles. The first-order valence-corrected chi connectivity index (χ1v) is 8.22. The third-order valence-corrected chi connectivity index (χ3v) is 4.71. The highest BCUT2D eigenvalue weighted by molar-refractivity contribution is 9.10. The molecule has 8 heteroatoms. The van der Waals surface area contributed by atoms with E-state index in [9.17, 15) is 4.79 Å². The van der Waals surface area contributed by atoms with E-state index in [1.54, 1.807) is 6.20 Å². The second-order valence-corrected chi connectivity index (χ2v) is 6.95. The maximum Gasteiger partial charge on any atom is 0.242 e. The lowest BCUT2D eigenvalue weighted by Crippen LogP contribution is -2.49. The van der Waals surface area contributed by atoms with Gasteiger partial charge < -0.3 is 11.1 Å². The van der Waals surface area contributed by atoms with Crippen molar-refractivity contribution in [3.05, 3.63) is 45.4 Å². The summed E-state index contributed by atoms with van der Waals surface area (Å²) >= 11 is 4.93. The average molecular weight is 404 g/mol. The van der Waals surface area contributed by atoms with Crippen LogP contribution in [0.15, 0.2) is 34.9 Å². The number of nitrogen functional groups attached to an aromatic ring is 1. The first-order chi connectivity index (χ1) is 10.1. The molecule has 1 saturated heterocycles. The Bertz CT molecular complexity index is 666. The summed E-state index contributed by atoms with van der Waals surface area (Å²) in [6.07, 6.45) is 1.78. The molecular formula is C14H16BrClN4OS. The van der Waals surface area contributed by atoms with E-state index in [1.807, 2.05) is 24.3 Å². The number of anilines is 1. The fraction of sp³-hybridized carbons (Fsp3) is 0.286. The Labute approximate surface area is 147 Å². The zero-order valence-corrected chi connectivity index (χ0v) is 14.9. The average Bonchev–Trinajstić information content (AvgIpc) is 2.84. The zero-order valence-electron chi connectivity index (χ0n) is 11.7. The number of piperazine rings is 1. The minimum absolute atomic E-state index is 0. The Balaban J connectivity index is 0.00000176. The molecule has 1 aliphatic rings. The van der Waals surface area contributed by atoms with Crippen LogP contribution in [0, 0.1) is 0 Å². The van der Waals surface area contributed by atoms with E-state index in [1.165, 1.54) is 11.3 Å². The number of thiazole rings is 1. The van der Waals surface area contributed by atoms with Crippen molar-refractivity contribution in [2.45, 2.75) is 12.6 Å². The van der Waals surface area contributed by atoms with E-state index in [0.29, 0.717) is 18.2 Å². The van der Waals surface area contributed by atoms with Gasteiger partial charge in [-0.25, -0.2) is 4.98 Å². The van der Waals surface area contributed by atoms with Gasteiger partial charge in [0, 0.05) is 35.2 Å². The molecule has 2 aromatic rings. The Morgan fingerprint density at radius 1 is 1.50 bits per heavy atom. The molecule has 0 aliphatic carbocycles. The molecule has 118 valence electrons. The number of carbonyl (C=O) groups is 1. The number of aromatic nitrogens is 1. The van der Waals surface area contributed by atoms with Crippen LogP contribution in [0.4, 0.5) is 5.13 Å². The van der Waals surface area contributed by atoms with E-state index < -0.39 is 0 Å². The van der Waals surface area contributed by atoms with Crippen molar-refractivity contribution in [3.63, 3.8) is 0 Å². The number of carbonyl (C=O) groups excluding carboxylic acids is 1. The molecule has 1 aromatic heterocycles. The fourth-order valence-corrected chi connectivity index (χ4v) is 3.65. The summed E-state index contributed by atoms with van der Waals surface area (Å²) in [5, 5.41) is 3.50. The molecule has 3 N–H and O–H groups in total. The van der Waals surface area contributed by atoms with Crippen LogP contribution in [0.25, 0.3) is 0 Å². The first kappa shape index (κ1) is 17.2. The molecule has 1 aliphatic heterocycles. The standard InChI is InChI=1S/C14H15BrN4OS.ClH/c15-10-3-1-2-9(6-10)12-13(20)17-4-5-19(12)8-11-7-18-14(16)21-11;/h1-3,6-7,12H,4-5,8H2,(H2,16,18)(H,17,20);1H. The SMILES string of the molecule is Cl.Nc1ncc(CN2CCNC(=O)C2c2cccc(Br)c2)s1. The van der Waals surface area contributed by atoms with Gasteiger partial charge in [0.2, 0.25) is 5.91 Å². The Morgan fingerprint density at radius 3 is 3.00 bits per heavy atom. The van der Waals surface area contributed by atoms with Crippen LogP contribution in [0.3, 0.4) is 0 Å². The van der Waals surface area contributed by atoms with E-state index in [2.05, 4.69) is 31.1 Å². The third-order valence-electron chi connectivity index (χ3n) is 3.41. The summed E-state index contributed by atoms with van der Waals surface area (Å²) in [5.74, 6) is 0.0387. The molecular weight excluding hydrogens is 388 g/mol. The number of nitrogens with zero attached hydrogens (tertiary/aromatic N) is 2. The summed E-state index contributed by atoms with van der Waals surface area (Å²) in [7, 11) is 0. The van der Waals surface area contributed by atoms with Crippen LogP contribution < -0.4 is 11.1 Å². The van der Waals surface area contributed by atoms with Gasteiger partial charge in [-0.3, -0.25) is 9.69 Å². The molecule has 0 saturated carbocycles. The highest BCUT2D eigenvalue weighted by Crippen LogP contribution is 2.28. The van der Waals surface area contributed by atoms with Crippen molar-refractivity contribution in [2.75, 3.05) is 18.8 Å². The van der Waals surface area contributed by atoms with Gasteiger partial charge in [0.05, 0.1) is 0 Å². The molecule has 1 atom stereocenters. The summed E-state index contributed by atoms with van der Waals surface area (Å²) in [6, 6.07) is 7.60. The highest BCUT2D eigenvalue weighted by Gasteiger charge is 2.31. The Hall–Kier alpha value is -1.15. The predicted molar refractivity (Wildman–Crippen MR) is 94.1 cm³/mol. The van der Waals surface area contributed by atoms with Gasteiger partial charge in [-0.1, -0.05) is 28.1 Å². The van der Waals surface area contributed by atoms with E-state index in [4.69, 9.17) is 5.73 Å². The van der Waals surface area contributed by atoms with Crippen molar-refractivity contribution in [1.82, 2.24) is 15.2 Å². The van der Waals surface area contributed by atoms with Crippen molar-refractivity contribution in [2.24, 2.45) is 0 Å². The van der Waals surface area contributed by atoms with Gasteiger partial charge in [-0.2, -0.15) is 0 Å². The minimum atomic E-state index is -0.278. The van der Waals surface area contributed by atoms with E-state index >= 15 is 0 Å². The zero-order chi connectivity index (χ0) is 14.8. The van der Waals surface area contributed by atoms with Crippen molar-refractivity contribution < 1.29 is 4.79 Å². The molecule has 1 fully saturated rings. The lowest BCUT2D eigenvalue weighted by Gasteiger charge is -2.34. The van der Waals surface area contributed by atoms with Gasteiger partial charge in [0.25, 0.3) is 0 Å². The molecule has 0 bridgehead atoms. The quantitative estimate of drug-likeness (QED) is 0.826. The molecule has 1 amide bonds. The summed E-state index contributed by atoms with van der Waals surface area (Å²) < 4.78 is 0.973. The van der Waals surface area contributed by atoms with Gasteiger partial charge in [0.1, 0.15) is 6.04 Å². The molecule has 22 heavy (non-hydrogen) atoms. The number of hydrogen-bond acceptors (Lipinski definition) is 5. The second-order valence-electron chi connectivity index (χ2n) is 4.88. The van der Waals surface area contributed by atoms with Gasteiger partial charge in [-0.15, -0.1) is 23.7 Å². The second kappa shape index (κ2) is 7.41. The number of nitrogens with two attached hydrogens (primary N) is 1. The predicted octanol–water partition coefficient (Wildman–Crippen LogP) is 2.58. The molecule has 0 radical (unpaired) electrons. The van der Waals surface area contributed by atoms with Crippen molar-refractivity contribution in [3.8, 4) is 0 Å². The van der Waals surface area contributed by atoms with Crippen LogP contribution in [-0.4, -0.2) is 28.9 Å². The number of rotatable bonds is 3. The molecule has 2 heterocycles. The van der Waals surface area contributed by atoms with Crippen molar-refractivity contribution >= 4 is 50.7 Å². The molecule has 5 nitrogen and oxygen atoms in total. The maximum absolute atomic E-state index is 12.3. The fourth-order valence-electron chi connectivity index (χ4n) is 2.52. The molecule has 1 unspecified atom stereocenters. The number of benzene rings is 1. The molecule has 0 spiro atoms. The minimum Gasteiger partial charge on any atom is -0.375 e. The number of amides is 1. The topological polar surface area (TPSA) is 71.2 Å². The van der Waals surface area contributed by atoms with Crippen LogP contribution in [0.2, 0.25) is 0 Å². The van der Waals surface area contributed by atoms with Crippen LogP contribution in [-0.2, 0) is 11.3 Å². The van der Waals surface area contributed by atoms with E-state index in [0.717, 1.165) is 21.5 Å². The maximum atomic E-state index is 12.3. The smallest absolute Gasteiger partial charge is 0.242 e. The number of hydrogen-bond donors (Lipinski definition) is 2. The molecule has 3 rings (SSSR count). The first-order valence-electron chi connectivity index (χ1n) is 6.61. The van der Waals surface area contributed by atoms with E-state index in [-0.39, 0.29) is 24.4 Å². The lowest BCUT2D eigenvalue weighted by molar-refractivity contribution is -0.129. The van der Waals surface area contributed by atoms with Gasteiger partial charge >= 0.3 is 0 Å². The van der Waals surface area contributed by atoms with Crippen LogP contribution >= 0.6 is 39.7 Å². The number of nitrogens with one attached hydrogen (secondary N) is 1. The highest BCUT2D eigenvalue weighted by atomic mass is 79.9. The lowest BCUT2D eigenvalue weighted by atomic mass is 10.0. The summed E-state index contributed by atoms with van der Waals surface area (Å²) in [4.78, 5) is 19.6. The summed E-state index contributed by atoms with van der Waals surface area (Å²) in [6.45, 7) is 2.15. The largest absolute Gasteiger partial charge is 0.375 e. The Morgan fingerprint density at radius 2 is 2.32 bits per heavy atom. The third kappa shape index (κ3) is 3.78. The van der Waals surface area contributed by atoms with Crippen LogP contribution in [0.1, 0.15) is 16.5 Å². The monoisotopic (exact) mass is 402 g/mol. The van der Waals surface area contributed by atoms with Crippen molar-refractivity contribution in [1.29, 1.82) is 0 Å².